The number of hydrogen-bond acceptors (Lipinski definition) is 5. The summed E-state index contributed by atoms with van der Waals surface area (Å²) in [5.41, 5.74) is 7.02. The van der Waals surface area contributed by atoms with Crippen LogP contribution in [0.25, 0.3) is 0 Å². The van der Waals surface area contributed by atoms with Crippen molar-refractivity contribution >= 4 is 5.97 Å². The molecule has 96 valence electrons. The van der Waals surface area contributed by atoms with Crippen molar-refractivity contribution in [2.75, 3.05) is 31.3 Å². The van der Waals surface area contributed by atoms with E-state index >= 15 is 0 Å². The minimum atomic E-state index is -0.257. The number of hydrazine groups is 1. The molecule has 0 aromatic rings. The van der Waals surface area contributed by atoms with Crippen molar-refractivity contribution in [1.29, 1.82) is 0 Å². The van der Waals surface area contributed by atoms with Crippen LogP contribution in [0.2, 0.25) is 0 Å². The van der Waals surface area contributed by atoms with Crippen LogP contribution < -0.4 is 32.1 Å². The third-order valence-corrected chi connectivity index (χ3v) is 3.86. The molecule has 2 N–H and O–H groups in total. The molecule has 0 aliphatic carbocycles. The van der Waals surface area contributed by atoms with Gasteiger partial charge in [-0.05, 0) is 0 Å². The zero-order valence-corrected chi connectivity index (χ0v) is 12.2. The van der Waals surface area contributed by atoms with Gasteiger partial charge in [0.25, 0.3) is 0 Å². The van der Waals surface area contributed by atoms with Gasteiger partial charge in [-0.2, -0.15) is 0 Å². The average Bonchev–Trinajstić information content (AvgIpc) is 2.22. The summed E-state index contributed by atoms with van der Waals surface area (Å²) in [5.74, 6) is -0.257. The molecule has 0 saturated carbocycles. The fraction of sp³-hybridized carbons (Fsp3) is 0.700. The first-order valence-corrected chi connectivity index (χ1v) is 7.82. The molecule has 0 heterocycles. The van der Waals surface area contributed by atoms with Gasteiger partial charge in [0.1, 0.15) is 0 Å². The summed E-state index contributed by atoms with van der Waals surface area (Å²) in [7, 11) is 1.84. The van der Waals surface area contributed by atoms with Crippen molar-refractivity contribution in [1.82, 2.24) is 10.9 Å². The summed E-state index contributed by atoms with van der Waals surface area (Å²) in [6.45, 7) is 4.99. The van der Waals surface area contributed by atoms with Crippen LogP contribution in [0, 0.1) is 0 Å². The van der Waals surface area contributed by atoms with Crippen molar-refractivity contribution in [3.63, 3.8) is 0 Å². The number of halogens is 1. The molecule has 0 bridgehead atoms. The van der Waals surface area contributed by atoms with Gasteiger partial charge in [-0.3, -0.25) is 0 Å². The Hall–Kier alpha value is -0.340. The normalized spacial score (nSPS) is 11.6. The SMILES string of the molecule is CNN/C(C)=C\[I-]CCOCCOC(C)=O. The van der Waals surface area contributed by atoms with Gasteiger partial charge in [0.15, 0.2) is 0 Å². The third-order valence-electron chi connectivity index (χ3n) is 1.43. The molecule has 0 amide bonds. The standard InChI is InChI=1S/C10H20IN2O3/c1-9(13-12-3)8-11-4-5-15-6-7-16-10(2)14/h8,12-13H,4-7H2,1-3H3/q-1/b9-8-. The van der Waals surface area contributed by atoms with Crippen molar-refractivity contribution in [2.45, 2.75) is 13.8 Å². The van der Waals surface area contributed by atoms with Crippen molar-refractivity contribution < 1.29 is 35.5 Å². The third kappa shape index (κ3) is 11.7. The van der Waals surface area contributed by atoms with Gasteiger partial charge in [0, 0.05) is 0 Å². The van der Waals surface area contributed by atoms with Gasteiger partial charge >= 0.3 is 107 Å². The molecule has 0 aromatic heterocycles. The Bertz CT molecular complexity index is 222. The number of carbonyl (C=O) groups is 1. The molecule has 0 aliphatic rings. The number of allylic oxidation sites excluding steroid dienone is 1. The molecule has 0 atom stereocenters. The number of carbonyl (C=O) groups excluding carboxylic acids is 1. The molecule has 0 aromatic carbocycles. The van der Waals surface area contributed by atoms with Gasteiger partial charge in [0.05, 0.1) is 0 Å². The fourth-order valence-corrected chi connectivity index (χ4v) is 2.53. The Balaban J connectivity index is 3.21. The Kier molecular flexibility index (Phi) is 10.9. The summed E-state index contributed by atoms with van der Waals surface area (Å²) in [6.07, 6.45) is 0. The number of hydrogen-bond donors (Lipinski definition) is 2. The predicted octanol–water partition coefficient (Wildman–Crippen LogP) is -2.76. The number of ether oxygens (including phenoxy) is 2. The number of esters is 1. The Labute approximate surface area is 107 Å². The van der Waals surface area contributed by atoms with Crippen molar-refractivity contribution in [3.05, 3.63) is 9.78 Å². The average molecular weight is 343 g/mol. The summed E-state index contributed by atoms with van der Waals surface area (Å²) < 4.78 is 13.3. The Morgan fingerprint density at radius 3 is 2.69 bits per heavy atom. The summed E-state index contributed by atoms with van der Waals surface area (Å²) in [4.78, 5) is 10.4. The van der Waals surface area contributed by atoms with Crippen LogP contribution >= 0.6 is 0 Å². The van der Waals surface area contributed by atoms with E-state index in [1.54, 1.807) is 0 Å². The van der Waals surface area contributed by atoms with Crippen molar-refractivity contribution in [2.24, 2.45) is 0 Å². The van der Waals surface area contributed by atoms with E-state index in [0.717, 1.165) is 16.7 Å². The molecule has 0 rings (SSSR count). The van der Waals surface area contributed by atoms with E-state index in [9.17, 15) is 4.79 Å². The molecule has 0 aliphatic heterocycles. The molecule has 6 heteroatoms. The molecule has 5 nitrogen and oxygen atoms in total. The first kappa shape index (κ1) is 15.7. The van der Waals surface area contributed by atoms with Crippen LogP contribution in [0.4, 0.5) is 0 Å². The van der Waals surface area contributed by atoms with Gasteiger partial charge in [-0.1, -0.05) is 0 Å². The topological polar surface area (TPSA) is 59.6 Å². The van der Waals surface area contributed by atoms with E-state index in [4.69, 9.17) is 9.47 Å². The van der Waals surface area contributed by atoms with Crippen LogP contribution in [0.3, 0.4) is 0 Å². The zero-order valence-electron chi connectivity index (χ0n) is 10.0. The molecule has 0 fully saturated rings. The first-order valence-electron chi connectivity index (χ1n) is 5.05. The second kappa shape index (κ2) is 11.2. The molecular formula is C10H20IN2O3-. The van der Waals surface area contributed by atoms with E-state index < -0.39 is 0 Å². The molecular weight excluding hydrogens is 323 g/mol. The van der Waals surface area contributed by atoms with Crippen LogP contribution in [0.1, 0.15) is 13.8 Å². The molecule has 0 unspecified atom stereocenters. The second-order valence-corrected chi connectivity index (χ2v) is 5.55. The van der Waals surface area contributed by atoms with E-state index in [-0.39, 0.29) is 27.2 Å². The summed E-state index contributed by atoms with van der Waals surface area (Å²) in [6, 6.07) is 0. The van der Waals surface area contributed by atoms with E-state index in [1.165, 1.54) is 6.92 Å². The van der Waals surface area contributed by atoms with E-state index in [2.05, 4.69) is 14.9 Å². The van der Waals surface area contributed by atoms with Crippen LogP contribution in [-0.2, 0) is 14.3 Å². The molecule has 16 heavy (non-hydrogen) atoms. The van der Waals surface area contributed by atoms with Gasteiger partial charge in [-0.15, -0.1) is 0 Å². The van der Waals surface area contributed by atoms with Gasteiger partial charge in [0.2, 0.25) is 0 Å². The molecule has 0 spiro atoms. The monoisotopic (exact) mass is 343 g/mol. The van der Waals surface area contributed by atoms with Gasteiger partial charge < -0.3 is 0 Å². The summed E-state index contributed by atoms with van der Waals surface area (Å²) >= 11 is 0.0397. The first-order chi connectivity index (χ1) is 7.66. The van der Waals surface area contributed by atoms with Gasteiger partial charge in [-0.25, -0.2) is 0 Å². The number of rotatable bonds is 9. The van der Waals surface area contributed by atoms with Crippen molar-refractivity contribution in [3.8, 4) is 0 Å². The Morgan fingerprint density at radius 2 is 2.06 bits per heavy atom. The minimum absolute atomic E-state index is 0.0397. The van der Waals surface area contributed by atoms with E-state index in [1.807, 2.05) is 14.0 Å². The molecule has 0 radical (unpaired) electrons. The number of alkyl halides is 1. The van der Waals surface area contributed by atoms with E-state index in [0.29, 0.717) is 13.2 Å². The number of nitrogens with one attached hydrogen (secondary N) is 2. The molecule has 0 saturated heterocycles. The summed E-state index contributed by atoms with van der Waals surface area (Å²) in [5, 5.41) is 0. The maximum atomic E-state index is 10.4. The maximum absolute atomic E-state index is 10.4. The second-order valence-electron chi connectivity index (χ2n) is 2.96. The van der Waals surface area contributed by atoms with Crippen LogP contribution in [0.15, 0.2) is 9.78 Å². The quantitative estimate of drug-likeness (QED) is 0.156. The van der Waals surface area contributed by atoms with Crippen LogP contribution in [-0.4, -0.2) is 37.3 Å². The van der Waals surface area contributed by atoms with Crippen LogP contribution in [0.5, 0.6) is 0 Å². The predicted molar refractivity (Wildman–Crippen MR) is 58.3 cm³/mol. The Morgan fingerprint density at radius 1 is 1.31 bits per heavy atom. The fourth-order valence-electron chi connectivity index (χ4n) is 0.840. The zero-order chi connectivity index (χ0) is 12.2.